The normalized spacial score (nSPS) is 20.3. The molecule has 1 aromatic rings. The Kier molecular flexibility index (Phi) is 3.54. The number of carbonyl (C=O) groups is 1. The van der Waals surface area contributed by atoms with Crippen molar-refractivity contribution in [2.45, 2.75) is 11.2 Å². The van der Waals surface area contributed by atoms with E-state index in [9.17, 15) is 4.79 Å². The molecule has 0 N–H and O–H groups in total. The smallest absolute Gasteiger partial charge is 0.228 e. The molecule has 0 aliphatic carbocycles. The number of anilines is 1. The van der Waals surface area contributed by atoms with Gasteiger partial charge in [0.25, 0.3) is 0 Å². The van der Waals surface area contributed by atoms with Crippen molar-refractivity contribution in [3.8, 4) is 5.75 Å². The Bertz CT molecular complexity index is 422. The molecule has 1 amide bonds. The molecule has 86 valence electrons. The Morgan fingerprint density at radius 3 is 2.81 bits per heavy atom. The molecule has 0 aromatic heterocycles. The maximum atomic E-state index is 11.8. The number of carbonyl (C=O) groups excluding carboxylic acids is 1. The first-order valence-corrected chi connectivity index (χ1v) is 6.60. The largest absolute Gasteiger partial charge is 0.497 e. The third kappa shape index (κ3) is 2.25. The summed E-state index contributed by atoms with van der Waals surface area (Å²) in [5.74, 6) is 0.889. The lowest BCUT2D eigenvalue weighted by Gasteiger charge is -2.18. The van der Waals surface area contributed by atoms with Crippen molar-refractivity contribution < 1.29 is 9.53 Å². The van der Waals surface area contributed by atoms with Crippen molar-refractivity contribution >= 4 is 43.5 Å². The maximum absolute atomic E-state index is 11.8. The minimum Gasteiger partial charge on any atom is -0.497 e. The van der Waals surface area contributed by atoms with Crippen LogP contribution in [0, 0.1) is 0 Å². The number of nitrogens with zero attached hydrogens (tertiary/aromatic N) is 1. The lowest BCUT2D eigenvalue weighted by molar-refractivity contribution is -0.117. The average molecular weight is 349 g/mol. The molecule has 1 heterocycles. The number of methoxy groups -OCH3 is 1. The van der Waals surface area contributed by atoms with Gasteiger partial charge < -0.3 is 9.64 Å². The Morgan fingerprint density at radius 2 is 2.25 bits per heavy atom. The number of amides is 1. The number of benzene rings is 1. The Hall–Kier alpha value is -0.550. The van der Waals surface area contributed by atoms with Gasteiger partial charge >= 0.3 is 0 Å². The van der Waals surface area contributed by atoms with Crippen LogP contribution in [-0.2, 0) is 4.79 Å². The summed E-state index contributed by atoms with van der Waals surface area (Å²) in [7, 11) is 1.62. The number of halogens is 2. The third-order valence-corrected chi connectivity index (χ3v) is 3.81. The van der Waals surface area contributed by atoms with Crippen LogP contribution in [0.25, 0.3) is 0 Å². The molecule has 16 heavy (non-hydrogen) atoms. The molecule has 0 saturated carbocycles. The van der Waals surface area contributed by atoms with Crippen molar-refractivity contribution in [2.75, 3.05) is 18.6 Å². The van der Waals surface area contributed by atoms with Gasteiger partial charge in [0.15, 0.2) is 0 Å². The number of hydrogen-bond acceptors (Lipinski definition) is 2. The molecule has 1 atom stereocenters. The molecule has 1 aliphatic rings. The van der Waals surface area contributed by atoms with Crippen LogP contribution in [0.5, 0.6) is 5.75 Å². The summed E-state index contributed by atoms with van der Waals surface area (Å²) in [5, 5.41) is 0. The molecule has 1 fully saturated rings. The molecule has 5 heteroatoms. The van der Waals surface area contributed by atoms with Crippen molar-refractivity contribution in [1.29, 1.82) is 0 Å². The highest BCUT2D eigenvalue weighted by Crippen LogP contribution is 2.34. The summed E-state index contributed by atoms with van der Waals surface area (Å²) in [6.07, 6.45) is 0.545. The van der Waals surface area contributed by atoms with Gasteiger partial charge in [-0.2, -0.15) is 0 Å². The second-order valence-electron chi connectivity index (χ2n) is 3.62. The van der Waals surface area contributed by atoms with Crippen molar-refractivity contribution in [3.63, 3.8) is 0 Å². The van der Waals surface area contributed by atoms with E-state index >= 15 is 0 Å². The summed E-state index contributed by atoms with van der Waals surface area (Å²) in [5.41, 5.74) is 0.867. The first-order chi connectivity index (χ1) is 7.61. The van der Waals surface area contributed by atoms with Crippen molar-refractivity contribution in [1.82, 2.24) is 0 Å². The van der Waals surface area contributed by atoms with E-state index in [-0.39, 0.29) is 10.7 Å². The zero-order chi connectivity index (χ0) is 11.7. The molecule has 3 nitrogen and oxygen atoms in total. The Labute approximate surface area is 111 Å². The van der Waals surface area contributed by atoms with Gasteiger partial charge in [-0.3, -0.25) is 4.79 Å². The van der Waals surface area contributed by atoms with E-state index in [1.54, 1.807) is 12.0 Å². The van der Waals surface area contributed by atoms with Gasteiger partial charge in [-0.25, -0.2) is 0 Å². The quantitative estimate of drug-likeness (QED) is 0.769. The van der Waals surface area contributed by atoms with E-state index in [1.165, 1.54) is 0 Å². The second kappa shape index (κ2) is 4.75. The topological polar surface area (TPSA) is 29.5 Å². The fraction of sp³-hybridized carbons (Fsp3) is 0.364. The van der Waals surface area contributed by atoms with Crippen LogP contribution < -0.4 is 9.64 Å². The fourth-order valence-electron chi connectivity index (χ4n) is 1.72. The van der Waals surface area contributed by atoms with Gasteiger partial charge in [0.2, 0.25) is 5.91 Å². The lowest BCUT2D eigenvalue weighted by atomic mass is 10.3. The Morgan fingerprint density at radius 1 is 1.50 bits per heavy atom. The van der Waals surface area contributed by atoms with E-state index < -0.39 is 0 Å². The summed E-state index contributed by atoms with van der Waals surface area (Å²) in [4.78, 5) is 13.8. The van der Waals surface area contributed by atoms with Gasteiger partial charge in [0.1, 0.15) is 5.75 Å². The molecule has 1 saturated heterocycles. The summed E-state index contributed by atoms with van der Waals surface area (Å²) in [6.45, 7) is 0.699. The van der Waals surface area contributed by atoms with Crippen molar-refractivity contribution in [2.24, 2.45) is 0 Å². The van der Waals surface area contributed by atoms with E-state index in [0.717, 1.165) is 15.9 Å². The van der Waals surface area contributed by atoms with Crippen LogP contribution in [0.15, 0.2) is 22.7 Å². The average Bonchev–Trinajstić information content (AvgIpc) is 2.58. The zero-order valence-electron chi connectivity index (χ0n) is 8.74. The zero-order valence-corrected chi connectivity index (χ0v) is 11.9. The van der Waals surface area contributed by atoms with Crippen LogP contribution in [0.2, 0.25) is 0 Å². The van der Waals surface area contributed by atoms with Crippen LogP contribution in [0.3, 0.4) is 0 Å². The van der Waals surface area contributed by atoms with Gasteiger partial charge in [0.05, 0.1) is 12.8 Å². The number of rotatable bonds is 2. The van der Waals surface area contributed by atoms with Crippen LogP contribution >= 0.6 is 31.9 Å². The molecular weight excluding hydrogens is 338 g/mol. The molecule has 1 unspecified atom stereocenters. The first kappa shape index (κ1) is 11.9. The van der Waals surface area contributed by atoms with E-state index in [0.29, 0.717) is 13.0 Å². The Balaban J connectivity index is 2.35. The van der Waals surface area contributed by atoms with E-state index in [1.807, 2.05) is 18.2 Å². The monoisotopic (exact) mass is 347 g/mol. The summed E-state index contributed by atoms with van der Waals surface area (Å²) < 4.78 is 6.07. The predicted molar refractivity (Wildman–Crippen MR) is 70.4 cm³/mol. The molecule has 0 spiro atoms. The van der Waals surface area contributed by atoms with Crippen LogP contribution in [0.1, 0.15) is 6.42 Å². The SMILES string of the molecule is COc1ccc(Br)c(N2CC(Br)CC2=O)c1. The van der Waals surface area contributed by atoms with Crippen molar-refractivity contribution in [3.05, 3.63) is 22.7 Å². The van der Waals surface area contributed by atoms with E-state index in [2.05, 4.69) is 31.9 Å². The number of ether oxygens (including phenoxy) is 1. The molecule has 0 radical (unpaired) electrons. The molecule has 0 bridgehead atoms. The van der Waals surface area contributed by atoms with Crippen LogP contribution in [0.4, 0.5) is 5.69 Å². The standard InChI is InChI=1S/C11H11Br2NO2/c1-16-8-2-3-9(13)10(5-8)14-6-7(12)4-11(14)15/h2-3,5,7H,4,6H2,1H3. The number of alkyl halides is 1. The highest BCUT2D eigenvalue weighted by atomic mass is 79.9. The summed E-state index contributed by atoms with van der Waals surface area (Å²) >= 11 is 6.92. The first-order valence-electron chi connectivity index (χ1n) is 4.90. The van der Waals surface area contributed by atoms with Gasteiger partial charge in [-0.05, 0) is 28.1 Å². The highest BCUT2D eigenvalue weighted by Gasteiger charge is 2.30. The molecule has 1 aliphatic heterocycles. The minimum atomic E-state index is 0.135. The minimum absolute atomic E-state index is 0.135. The van der Waals surface area contributed by atoms with Gasteiger partial charge in [-0.15, -0.1) is 0 Å². The number of hydrogen-bond donors (Lipinski definition) is 0. The van der Waals surface area contributed by atoms with E-state index in [4.69, 9.17) is 4.74 Å². The highest BCUT2D eigenvalue weighted by molar-refractivity contribution is 9.10. The van der Waals surface area contributed by atoms with Gasteiger partial charge in [0, 0.05) is 28.3 Å². The lowest BCUT2D eigenvalue weighted by Crippen LogP contribution is -2.24. The fourth-order valence-corrected chi connectivity index (χ4v) is 2.75. The predicted octanol–water partition coefficient (Wildman–Crippen LogP) is 2.96. The summed E-state index contributed by atoms with van der Waals surface area (Å²) in [6, 6.07) is 5.62. The van der Waals surface area contributed by atoms with Gasteiger partial charge in [-0.1, -0.05) is 15.9 Å². The van der Waals surface area contributed by atoms with Crippen LogP contribution in [-0.4, -0.2) is 24.4 Å². The molecular formula is C11H11Br2NO2. The third-order valence-electron chi connectivity index (χ3n) is 2.52. The molecule has 2 rings (SSSR count). The maximum Gasteiger partial charge on any atom is 0.228 e. The second-order valence-corrected chi connectivity index (χ2v) is 5.77. The molecule has 1 aromatic carbocycles.